The minimum atomic E-state index is 0. The van der Waals surface area contributed by atoms with Crippen LogP contribution in [-0.2, 0) is 6.42 Å². The summed E-state index contributed by atoms with van der Waals surface area (Å²) in [5, 5.41) is 0.615. The smallest absolute Gasteiger partial charge is 0.159 e. The van der Waals surface area contributed by atoms with Gasteiger partial charge in [-0.15, -0.1) is 24.8 Å². The van der Waals surface area contributed by atoms with Crippen molar-refractivity contribution in [1.82, 2.24) is 0 Å². The molecule has 3 nitrogen and oxygen atoms in total. The number of hydrogen-bond acceptors (Lipinski definition) is 3. The fourth-order valence-electron chi connectivity index (χ4n) is 1.21. The van der Waals surface area contributed by atoms with Crippen LogP contribution in [0.15, 0.2) is 29.3 Å². The third kappa shape index (κ3) is 7.49. The Balaban J connectivity index is 0. The number of nitrogens with zero attached hydrogens (tertiary/aromatic N) is 1. The largest absolute Gasteiger partial charge is 0.378 e. The molecule has 0 heterocycles. The molecule has 17 heavy (non-hydrogen) atoms. The van der Waals surface area contributed by atoms with Crippen molar-refractivity contribution >= 4 is 47.4 Å². The highest BCUT2D eigenvalue weighted by Gasteiger charge is 1.94. The number of hydrogen-bond donors (Lipinski definition) is 2. The van der Waals surface area contributed by atoms with Crippen molar-refractivity contribution in [2.45, 2.75) is 13.3 Å². The number of amidine groups is 1. The summed E-state index contributed by atoms with van der Waals surface area (Å²) >= 11 is 1.55. The van der Waals surface area contributed by atoms with Crippen LogP contribution in [-0.4, -0.2) is 17.5 Å². The second kappa shape index (κ2) is 10.7. The SMILES string of the molecule is CCSC(N)=Nc1ccc(CCN)cc1.Cl.Cl. The highest BCUT2D eigenvalue weighted by atomic mass is 35.5. The molecule has 1 aromatic rings. The molecule has 98 valence electrons. The summed E-state index contributed by atoms with van der Waals surface area (Å²) in [5.74, 6) is 0.945. The first-order valence-corrected chi connectivity index (χ1v) is 6.00. The summed E-state index contributed by atoms with van der Waals surface area (Å²) in [5.41, 5.74) is 13.3. The molecule has 0 aliphatic carbocycles. The van der Waals surface area contributed by atoms with Crippen molar-refractivity contribution in [3.8, 4) is 0 Å². The van der Waals surface area contributed by atoms with Crippen LogP contribution in [0.5, 0.6) is 0 Å². The van der Waals surface area contributed by atoms with Gasteiger partial charge < -0.3 is 11.5 Å². The van der Waals surface area contributed by atoms with E-state index in [0.29, 0.717) is 11.7 Å². The number of nitrogens with two attached hydrogens (primary N) is 2. The first kappa shape index (κ1) is 18.9. The Labute approximate surface area is 119 Å². The van der Waals surface area contributed by atoms with E-state index in [2.05, 4.69) is 11.9 Å². The third-order valence-electron chi connectivity index (χ3n) is 1.90. The number of rotatable bonds is 4. The summed E-state index contributed by atoms with van der Waals surface area (Å²) in [6, 6.07) is 8.01. The normalized spacial score (nSPS) is 10.4. The van der Waals surface area contributed by atoms with E-state index in [0.717, 1.165) is 17.9 Å². The van der Waals surface area contributed by atoms with Crippen molar-refractivity contribution in [2.24, 2.45) is 16.5 Å². The van der Waals surface area contributed by atoms with E-state index in [1.54, 1.807) is 11.8 Å². The standard InChI is InChI=1S/C11H17N3S.2ClH/c1-2-15-11(13)14-10-5-3-9(4-6-10)7-8-12;;/h3-6H,2,7-8,12H2,1H3,(H2,13,14);2*1H. The van der Waals surface area contributed by atoms with Gasteiger partial charge in [0.25, 0.3) is 0 Å². The molecule has 6 heteroatoms. The Kier molecular flexibility index (Phi) is 11.9. The molecule has 0 aliphatic heterocycles. The van der Waals surface area contributed by atoms with Crippen LogP contribution in [0, 0.1) is 0 Å². The van der Waals surface area contributed by atoms with Gasteiger partial charge in [0.1, 0.15) is 0 Å². The zero-order chi connectivity index (χ0) is 11.1. The van der Waals surface area contributed by atoms with E-state index >= 15 is 0 Å². The van der Waals surface area contributed by atoms with E-state index < -0.39 is 0 Å². The first-order valence-electron chi connectivity index (χ1n) is 5.02. The van der Waals surface area contributed by atoms with E-state index in [1.165, 1.54) is 5.56 Å². The monoisotopic (exact) mass is 295 g/mol. The summed E-state index contributed by atoms with van der Waals surface area (Å²) in [6.45, 7) is 2.73. The van der Waals surface area contributed by atoms with Gasteiger partial charge in [-0.3, -0.25) is 0 Å². The molecular weight excluding hydrogens is 277 g/mol. The van der Waals surface area contributed by atoms with Crippen LogP contribution >= 0.6 is 36.6 Å². The average molecular weight is 296 g/mol. The molecular formula is C11H19Cl2N3S. The Morgan fingerprint density at radius 2 is 1.82 bits per heavy atom. The van der Waals surface area contributed by atoms with Crippen molar-refractivity contribution in [1.29, 1.82) is 0 Å². The van der Waals surface area contributed by atoms with Gasteiger partial charge in [-0.2, -0.15) is 0 Å². The van der Waals surface area contributed by atoms with E-state index in [4.69, 9.17) is 11.5 Å². The van der Waals surface area contributed by atoms with Gasteiger partial charge in [0.15, 0.2) is 5.17 Å². The minimum absolute atomic E-state index is 0. The topological polar surface area (TPSA) is 64.4 Å². The lowest BCUT2D eigenvalue weighted by Gasteiger charge is -2.00. The summed E-state index contributed by atoms with van der Waals surface area (Å²) in [6.07, 6.45) is 0.906. The molecule has 0 aliphatic rings. The van der Waals surface area contributed by atoms with Crippen molar-refractivity contribution < 1.29 is 0 Å². The van der Waals surface area contributed by atoms with Crippen LogP contribution in [0.3, 0.4) is 0 Å². The fourth-order valence-corrected chi connectivity index (χ4v) is 1.68. The zero-order valence-corrected chi connectivity index (χ0v) is 12.2. The van der Waals surface area contributed by atoms with E-state index in [9.17, 15) is 0 Å². The van der Waals surface area contributed by atoms with Gasteiger partial charge in [-0.05, 0) is 36.4 Å². The van der Waals surface area contributed by atoms with Crippen LogP contribution in [0.1, 0.15) is 12.5 Å². The summed E-state index contributed by atoms with van der Waals surface area (Å²) in [7, 11) is 0. The predicted octanol–water partition coefficient (Wildman–Crippen LogP) is 2.73. The molecule has 4 N–H and O–H groups in total. The molecule has 0 fully saturated rings. The lowest BCUT2D eigenvalue weighted by Crippen LogP contribution is -2.05. The second-order valence-corrected chi connectivity index (χ2v) is 4.37. The maximum atomic E-state index is 5.71. The van der Waals surface area contributed by atoms with Crippen molar-refractivity contribution in [2.75, 3.05) is 12.3 Å². The van der Waals surface area contributed by atoms with Crippen molar-refractivity contribution in [3.63, 3.8) is 0 Å². The quantitative estimate of drug-likeness (QED) is 0.663. The Morgan fingerprint density at radius 3 is 2.29 bits per heavy atom. The van der Waals surface area contributed by atoms with Crippen LogP contribution in [0.2, 0.25) is 0 Å². The molecule has 0 spiro atoms. The molecule has 0 saturated carbocycles. The highest BCUT2D eigenvalue weighted by molar-refractivity contribution is 8.13. The molecule has 0 saturated heterocycles. The minimum Gasteiger partial charge on any atom is -0.378 e. The maximum Gasteiger partial charge on any atom is 0.159 e. The summed E-state index contributed by atoms with van der Waals surface area (Å²) in [4.78, 5) is 4.28. The number of aliphatic imine (C=N–C) groups is 1. The fraction of sp³-hybridized carbons (Fsp3) is 0.364. The molecule has 1 rings (SSSR count). The first-order chi connectivity index (χ1) is 7.26. The average Bonchev–Trinajstić information content (AvgIpc) is 2.22. The summed E-state index contributed by atoms with van der Waals surface area (Å²) < 4.78 is 0. The number of thioether (sulfide) groups is 1. The molecule has 0 bridgehead atoms. The lowest BCUT2D eigenvalue weighted by molar-refractivity contribution is 0.969. The van der Waals surface area contributed by atoms with Gasteiger partial charge >= 0.3 is 0 Å². The molecule has 0 atom stereocenters. The van der Waals surface area contributed by atoms with Gasteiger partial charge in [0, 0.05) is 0 Å². The number of halogens is 2. The van der Waals surface area contributed by atoms with Crippen LogP contribution in [0.4, 0.5) is 5.69 Å². The predicted molar refractivity (Wildman–Crippen MR) is 83.1 cm³/mol. The third-order valence-corrected chi connectivity index (χ3v) is 2.58. The lowest BCUT2D eigenvalue weighted by atomic mass is 10.1. The van der Waals surface area contributed by atoms with Gasteiger partial charge in [0.2, 0.25) is 0 Å². The van der Waals surface area contributed by atoms with Gasteiger partial charge in [-0.25, -0.2) is 4.99 Å². The van der Waals surface area contributed by atoms with E-state index in [1.807, 2.05) is 24.3 Å². The molecule has 0 amide bonds. The van der Waals surface area contributed by atoms with Crippen molar-refractivity contribution in [3.05, 3.63) is 29.8 Å². The van der Waals surface area contributed by atoms with Gasteiger partial charge in [-0.1, -0.05) is 30.8 Å². The van der Waals surface area contributed by atoms with Crippen LogP contribution in [0.25, 0.3) is 0 Å². The Hall–Kier alpha value is -0.420. The second-order valence-electron chi connectivity index (χ2n) is 3.09. The maximum absolute atomic E-state index is 5.71. The van der Waals surface area contributed by atoms with E-state index in [-0.39, 0.29) is 24.8 Å². The number of benzene rings is 1. The highest BCUT2D eigenvalue weighted by Crippen LogP contribution is 2.15. The molecule has 0 unspecified atom stereocenters. The zero-order valence-electron chi connectivity index (χ0n) is 9.76. The Morgan fingerprint density at radius 1 is 1.24 bits per heavy atom. The molecule has 1 aromatic carbocycles. The molecule has 0 aromatic heterocycles. The van der Waals surface area contributed by atoms with Crippen LogP contribution < -0.4 is 11.5 Å². The Bertz CT molecular complexity index is 328. The van der Waals surface area contributed by atoms with Gasteiger partial charge in [0.05, 0.1) is 5.69 Å². The molecule has 0 radical (unpaired) electrons.